The van der Waals surface area contributed by atoms with Crippen LogP contribution in [0.4, 0.5) is 11.5 Å². The number of anilines is 2. The van der Waals surface area contributed by atoms with Crippen molar-refractivity contribution >= 4 is 40.8 Å². The number of hydrogen-bond acceptors (Lipinski definition) is 4. The topological polar surface area (TPSA) is 82.6 Å². The van der Waals surface area contributed by atoms with E-state index in [-0.39, 0.29) is 36.0 Å². The van der Waals surface area contributed by atoms with E-state index in [1.54, 1.807) is 21.9 Å². The number of nitrogens with one attached hydrogen (secondary N) is 1. The lowest BCUT2D eigenvalue weighted by atomic mass is 9.95. The molecule has 7 nitrogen and oxygen atoms in total. The highest BCUT2D eigenvalue weighted by atomic mass is 35.5. The van der Waals surface area contributed by atoms with Crippen molar-refractivity contribution in [1.82, 2.24) is 9.88 Å². The summed E-state index contributed by atoms with van der Waals surface area (Å²) in [4.78, 5) is 45.7. The molecule has 2 aliphatic heterocycles. The number of rotatable bonds is 4. The molecule has 4 rings (SSSR count). The largest absolute Gasteiger partial charge is 0.342 e. The first-order valence-electron chi connectivity index (χ1n) is 10.1. The maximum atomic E-state index is 13.1. The van der Waals surface area contributed by atoms with Crippen LogP contribution in [0, 0.1) is 11.8 Å². The van der Waals surface area contributed by atoms with Gasteiger partial charge in [-0.25, -0.2) is 4.98 Å². The number of hydrogen-bond donors (Lipinski definition) is 1. The summed E-state index contributed by atoms with van der Waals surface area (Å²) in [5.74, 6) is -0.494. The second-order valence-electron chi connectivity index (χ2n) is 7.72. The molecule has 2 atom stereocenters. The standard InChI is InChI=1S/C22H23ClN4O3/c23-17-8-9-19(24-12-17)25-21(29)15-5-4-10-26(13-15)22(30)16-11-20(28)27(14-16)18-6-2-1-3-7-18/h1-3,6-9,12,15-16H,4-5,10-11,13-14H2,(H,24,25,29). The van der Waals surface area contributed by atoms with Gasteiger partial charge in [-0.15, -0.1) is 0 Å². The molecule has 3 amide bonds. The normalized spacial score (nSPS) is 21.6. The van der Waals surface area contributed by atoms with E-state index in [0.717, 1.165) is 12.1 Å². The molecule has 2 fully saturated rings. The van der Waals surface area contributed by atoms with E-state index in [1.165, 1.54) is 6.20 Å². The number of halogens is 1. The molecule has 0 radical (unpaired) electrons. The smallest absolute Gasteiger partial charge is 0.230 e. The fourth-order valence-electron chi connectivity index (χ4n) is 4.06. The molecule has 8 heteroatoms. The van der Waals surface area contributed by atoms with Gasteiger partial charge in [-0.3, -0.25) is 14.4 Å². The molecule has 0 bridgehead atoms. The lowest BCUT2D eigenvalue weighted by molar-refractivity contribution is -0.138. The van der Waals surface area contributed by atoms with Crippen molar-refractivity contribution in [2.24, 2.45) is 11.8 Å². The Labute approximate surface area is 180 Å². The molecule has 2 aliphatic rings. The number of amides is 3. The maximum Gasteiger partial charge on any atom is 0.230 e. The van der Waals surface area contributed by atoms with Crippen LogP contribution in [0.3, 0.4) is 0 Å². The first kappa shape index (κ1) is 20.3. The lowest BCUT2D eigenvalue weighted by Crippen LogP contribution is -2.46. The van der Waals surface area contributed by atoms with E-state index < -0.39 is 0 Å². The molecular formula is C22H23ClN4O3. The third-order valence-corrected chi connectivity index (χ3v) is 5.85. The molecule has 30 heavy (non-hydrogen) atoms. The predicted molar refractivity (Wildman–Crippen MR) is 114 cm³/mol. The Morgan fingerprint density at radius 1 is 1.07 bits per heavy atom. The molecular weight excluding hydrogens is 404 g/mol. The number of aromatic nitrogens is 1. The summed E-state index contributed by atoms with van der Waals surface area (Å²) in [6.07, 6.45) is 3.14. The number of likely N-dealkylation sites (tertiary alicyclic amines) is 1. The van der Waals surface area contributed by atoms with E-state index >= 15 is 0 Å². The van der Waals surface area contributed by atoms with Crippen molar-refractivity contribution in [1.29, 1.82) is 0 Å². The van der Waals surface area contributed by atoms with Gasteiger partial charge >= 0.3 is 0 Å². The van der Waals surface area contributed by atoms with Gasteiger partial charge in [-0.2, -0.15) is 0 Å². The zero-order valence-corrected chi connectivity index (χ0v) is 17.2. The molecule has 1 aromatic heterocycles. The zero-order valence-electron chi connectivity index (χ0n) is 16.5. The van der Waals surface area contributed by atoms with Crippen LogP contribution in [0.5, 0.6) is 0 Å². The van der Waals surface area contributed by atoms with Crippen LogP contribution in [0.2, 0.25) is 5.02 Å². The van der Waals surface area contributed by atoms with Crippen molar-refractivity contribution in [3.8, 4) is 0 Å². The Bertz CT molecular complexity index is 935. The fraction of sp³-hybridized carbons (Fsp3) is 0.364. The van der Waals surface area contributed by atoms with Crippen molar-refractivity contribution in [3.05, 3.63) is 53.7 Å². The van der Waals surface area contributed by atoms with Crippen LogP contribution in [0.1, 0.15) is 19.3 Å². The van der Waals surface area contributed by atoms with Crippen molar-refractivity contribution in [2.75, 3.05) is 29.9 Å². The molecule has 2 aromatic rings. The molecule has 3 heterocycles. The fourth-order valence-corrected chi connectivity index (χ4v) is 4.17. The van der Waals surface area contributed by atoms with E-state index in [9.17, 15) is 14.4 Å². The Morgan fingerprint density at radius 3 is 2.60 bits per heavy atom. The van der Waals surface area contributed by atoms with E-state index in [1.807, 2.05) is 30.3 Å². The molecule has 1 aromatic carbocycles. The summed E-state index contributed by atoms with van der Waals surface area (Å²) in [7, 11) is 0. The number of nitrogens with zero attached hydrogens (tertiary/aromatic N) is 3. The van der Waals surface area contributed by atoms with Crippen LogP contribution in [-0.2, 0) is 14.4 Å². The minimum atomic E-state index is -0.377. The molecule has 1 N–H and O–H groups in total. The third kappa shape index (κ3) is 4.46. The second kappa shape index (κ2) is 8.83. The highest BCUT2D eigenvalue weighted by Gasteiger charge is 2.39. The van der Waals surface area contributed by atoms with Gasteiger partial charge in [0.25, 0.3) is 0 Å². The van der Waals surface area contributed by atoms with Gasteiger partial charge in [0.15, 0.2) is 0 Å². The van der Waals surface area contributed by atoms with Gasteiger partial charge in [-0.1, -0.05) is 29.8 Å². The van der Waals surface area contributed by atoms with Gasteiger partial charge in [0.1, 0.15) is 5.82 Å². The van der Waals surface area contributed by atoms with E-state index in [4.69, 9.17) is 11.6 Å². The maximum absolute atomic E-state index is 13.1. The van der Waals surface area contributed by atoms with Crippen molar-refractivity contribution < 1.29 is 14.4 Å². The first-order valence-corrected chi connectivity index (χ1v) is 10.5. The average molecular weight is 427 g/mol. The first-order chi connectivity index (χ1) is 14.5. The highest BCUT2D eigenvalue weighted by Crippen LogP contribution is 2.28. The lowest BCUT2D eigenvalue weighted by Gasteiger charge is -2.33. The summed E-state index contributed by atoms with van der Waals surface area (Å²) in [5, 5.41) is 3.29. The summed E-state index contributed by atoms with van der Waals surface area (Å²) in [6.45, 7) is 1.34. The van der Waals surface area contributed by atoms with Gasteiger partial charge in [0.2, 0.25) is 17.7 Å². The molecule has 2 saturated heterocycles. The number of carbonyl (C=O) groups is 3. The Balaban J connectivity index is 1.37. The van der Waals surface area contributed by atoms with Crippen LogP contribution >= 0.6 is 11.6 Å². The average Bonchev–Trinajstić information content (AvgIpc) is 3.17. The van der Waals surface area contributed by atoms with Crippen LogP contribution in [0.15, 0.2) is 48.7 Å². The van der Waals surface area contributed by atoms with Gasteiger partial charge in [0.05, 0.1) is 16.9 Å². The van der Waals surface area contributed by atoms with Crippen LogP contribution in [-0.4, -0.2) is 47.2 Å². The molecule has 0 spiro atoms. The number of para-hydroxylation sites is 1. The van der Waals surface area contributed by atoms with Gasteiger partial charge in [0, 0.05) is 37.9 Å². The van der Waals surface area contributed by atoms with Crippen molar-refractivity contribution in [2.45, 2.75) is 19.3 Å². The quantitative estimate of drug-likeness (QED) is 0.814. The predicted octanol–water partition coefficient (Wildman–Crippen LogP) is 2.97. The number of piperidine rings is 1. The molecule has 0 aliphatic carbocycles. The molecule has 2 unspecified atom stereocenters. The number of benzene rings is 1. The van der Waals surface area contributed by atoms with Crippen LogP contribution < -0.4 is 10.2 Å². The SMILES string of the molecule is O=C(Nc1ccc(Cl)cn1)C1CCCN(C(=O)C2CC(=O)N(c3ccccc3)C2)C1. The summed E-state index contributed by atoms with van der Waals surface area (Å²) in [5.41, 5.74) is 0.809. The molecule has 0 saturated carbocycles. The highest BCUT2D eigenvalue weighted by molar-refractivity contribution is 6.30. The Morgan fingerprint density at radius 2 is 1.87 bits per heavy atom. The van der Waals surface area contributed by atoms with Gasteiger partial charge < -0.3 is 15.1 Å². The summed E-state index contributed by atoms with van der Waals surface area (Å²) < 4.78 is 0. The zero-order chi connectivity index (χ0) is 21.1. The van der Waals surface area contributed by atoms with E-state index in [0.29, 0.717) is 36.9 Å². The monoisotopic (exact) mass is 426 g/mol. The number of carbonyl (C=O) groups excluding carboxylic acids is 3. The number of pyridine rings is 1. The molecule has 156 valence electrons. The minimum absolute atomic E-state index is 0.0420. The Kier molecular flexibility index (Phi) is 5.99. The summed E-state index contributed by atoms with van der Waals surface area (Å²) >= 11 is 5.83. The van der Waals surface area contributed by atoms with E-state index in [2.05, 4.69) is 10.3 Å². The van der Waals surface area contributed by atoms with Crippen LogP contribution in [0.25, 0.3) is 0 Å². The minimum Gasteiger partial charge on any atom is -0.342 e. The summed E-state index contributed by atoms with van der Waals surface area (Å²) in [6, 6.07) is 12.7. The third-order valence-electron chi connectivity index (χ3n) is 5.62. The second-order valence-corrected chi connectivity index (χ2v) is 8.15. The van der Waals surface area contributed by atoms with Gasteiger partial charge in [-0.05, 0) is 37.1 Å². The Hall–Kier alpha value is -2.93. The van der Waals surface area contributed by atoms with Crippen molar-refractivity contribution in [3.63, 3.8) is 0 Å².